The zero-order valence-electron chi connectivity index (χ0n) is 11.5. The van der Waals surface area contributed by atoms with Gasteiger partial charge in [-0.2, -0.15) is 0 Å². The summed E-state index contributed by atoms with van der Waals surface area (Å²) in [7, 11) is 0. The molecule has 2 heteroatoms. The lowest BCUT2D eigenvalue weighted by atomic mass is 9.87. The van der Waals surface area contributed by atoms with Gasteiger partial charge in [0.2, 0.25) is 0 Å². The van der Waals surface area contributed by atoms with Crippen LogP contribution in [0.3, 0.4) is 0 Å². The van der Waals surface area contributed by atoms with Gasteiger partial charge in [-0.05, 0) is 58.4 Å². The molecule has 1 rings (SSSR count). The molecule has 0 saturated carbocycles. The van der Waals surface area contributed by atoms with Crippen LogP contribution in [0.25, 0.3) is 0 Å². The van der Waals surface area contributed by atoms with E-state index in [1.807, 2.05) is 0 Å². The highest BCUT2D eigenvalue weighted by Crippen LogP contribution is 2.24. The van der Waals surface area contributed by atoms with Gasteiger partial charge < -0.3 is 10.1 Å². The van der Waals surface area contributed by atoms with E-state index < -0.39 is 0 Å². The molecule has 1 atom stereocenters. The number of hydrogen-bond acceptors (Lipinski definition) is 2. The van der Waals surface area contributed by atoms with E-state index >= 15 is 0 Å². The standard InChI is InChI=1S/C14H29NO/c1-5-12(11-15-14(2,3)4)10-13-6-8-16-9-7-13/h12-13,15H,5-11H2,1-4H3. The Labute approximate surface area is 101 Å². The lowest BCUT2D eigenvalue weighted by molar-refractivity contribution is 0.0579. The molecule has 0 amide bonds. The van der Waals surface area contributed by atoms with E-state index in [9.17, 15) is 0 Å². The third-order valence-electron chi connectivity index (χ3n) is 3.51. The maximum atomic E-state index is 5.41. The second kappa shape index (κ2) is 6.61. The number of rotatable bonds is 5. The summed E-state index contributed by atoms with van der Waals surface area (Å²) < 4.78 is 5.41. The summed E-state index contributed by atoms with van der Waals surface area (Å²) in [6, 6.07) is 0. The van der Waals surface area contributed by atoms with E-state index in [1.54, 1.807) is 0 Å². The summed E-state index contributed by atoms with van der Waals surface area (Å²) in [5.74, 6) is 1.74. The Morgan fingerprint density at radius 1 is 1.25 bits per heavy atom. The van der Waals surface area contributed by atoms with Crippen LogP contribution in [0.5, 0.6) is 0 Å². The van der Waals surface area contributed by atoms with E-state index in [1.165, 1.54) is 25.7 Å². The molecule has 0 aliphatic carbocycles. The van der Waals surface area contributed by atoms with Gasteiger partial charge in [-0.15, -0.1) is 0 Å². The van der Waals surface area contributed by atoms with Gasteiger partial charge in [-0.25, -0.2) is 0 Å². The molecular formula is C14H29NO. The minimum absolute atomic E-state index is 0.253. The summed E-state index contributed by atoms with van der Waals surface area (Å²) in [6.45, 7) is 12.2. The van der Waals surface area contributed by atoms with Gasteiger partial charge in [-0.1, -0.05) is 13.3 Å². The number of ether oxygens (including phenoxy) is 1. The smallest absolute Gasteiger partial charge is 0.0468 e. The molecule has 1 fully saturated rings. The molecule has 0 aromatic heterocycles. The largest absolute Gasteiger partial charge is 0.381 e. The van der Waals surface area contributed by atoms with E-state index in [2.05, 4.69) is 33.0 Å². The second-order valence-electron chi connectivity index (χ2n) is 6.20. The maximum absolute atomic E-state index is 5.41. The lowest BCUT2D eigenvalue weighted by Gasteiger charge is -2.29. The molecule has 1 aliphatic heterocycles. The molecule has 1 aliphatic rings. The van der Waals surface area contributed by atoms with Crippen molar-refractivity contribution in [1.29, 1.82) is 0 Å². The third kappa shape index (κ3) is 5.86. The van der Waals surface area contributed by atoms with Gasteiger partial charge in [-0.3, -0.25) is 0 Å². The first kappa shape index (κ1) is 14.0. The fourth-order valence-corrected chi connectivity index (χ4v) is 2.30. The third-order valence-corrected chi connectivity index (χ3v) is 3.51. The molecule has 0 aromatic carbocycles. The molecule has 16 heavy (non-hydrogen) atoms. The van der Waals surface area contributed by atoms with Gasteiger partial charge in [0.05, 0.1) is 0 Å². The Hall–Kier alpha value is -0.0800. The lowest BCUT2D eigenvalue weighted by Crippen LogP contribution is -2.39. The molecular weight excluding hydrogens is 198 g/mol. The molecule has 1 unspecified atom stereocenters. The summed E-state index contributed by atoms with van der Waals surface area (Å²) >= 11 is 0. The Morgan fingerprint density at radius 2 is 1.88 bits per heavy atom. The molecule has 1 N–H and O–H groups in total. The zero-order valence-corrected chi connectivity index (χ0v) is 11.5. The first-order valence-electron chi connectivity index (χ1n) is 6.84. The highest BCUT2D eigenvalue weighted by atomic mass is 16.5. The number of nitrogens with one attached hydrogen (secondary N) is 1. The van der Waals surface area contributed by atoms with Crippen molar-refractivity contribution in [3.63, 3.8) is 0 Å². The highest BCUT2D eigenvalue weighted by Gasteiger charge is 2.19. The average Bonchev–Trinajstić information content (AvgIpc) is 2.24. The fraction of sp³-hybridized carbons (Fsp3) is 1.00. The van der Waals surface area contributed by atoms with Gasteiger partial charge in [0, 0.05) is 18.8 Å². The van der Waals surface area contributed by atoms with Crippen molar-refractivity contribution >= 4 is 0 Å². The van der Waals surface area contributed by atoms with Gasteiger partial charge in [0.1, 0.15) is 0 Å². The van der Waals surface area contributed by atoms with E-state index in [0.717, 1.165) is 31.6 Å². The molecule has 96 valence electrons. The predicted octanol–water partition coefficient (Wildman–Crippen LogP) is 3.22. The number of hydrogen-bond donors (Lipinski definition) is 1. The minimum atomic E-state index is 0.253. The normalized spacial score (nSPS) is 21.0. The summed E-state index contributed by atoms with van der Waals surface area (Å²) in [5, 5.41) is 3.63. The molecule has 0 radical (unpaired) electrons. The topological polar surface area (TPSA) is 21.3 Å². The first-order chi connectivity index (χ1) is 7.51. The van der Waals surface area contributed by atoms with Crippen molar-refractivity contribution in [2.24, 2.45) is 11.8 Å². The van der Waals surface area contributed by atoms with Crippen LogP contribution >= 0.6 is 0 Å². The van der Waals surface area contributed by atoms with Crippen molar-refractivity contribution in [2.45, 2.75) is 58.9 Å². The Kier molecular flexibility index (Phi) is 5.77. The van der Waals surface area contributed by atoms with Crippen LogP contribution in [0, 0.1) is 11.8 Å². The van der Waals surface area contributed by atoms with Crippen LogP contribution in [-0.2, 0) is 4.74 Å². The van der Waals surface area contributed by atoms with Gasteiger partial charge in [0.25, 0.3) is 0 Å². The molecule has 1 heterocycles. The van der Waals surface area contributed by atoms with Crippen molar-refractivity contribution < 1.29 is 4.74 Å². The highest BCUT2D eigenvalue weighted by molar-refractivity contribution is 4.75. The van der Waals surface area contributed by atoms with Gasteiger partial charge >= 0.3 is 0 Å². The molecule has 0 bridgehead atoms. The van der Waals surface area contributed by atoms with E-state index in [4.69, 9.17) is 4.74 Å². The average molecular weight is 227 g/mol. The SMILES string of the molecule is CCC(CNC(C)(C)C)CC1CCOCC1. The minimum Gasteiger partial charge on any atom is -0.381 e. The van der Waals surface area contributed by atoms with Crippen LogP contribution in [-0.4, -0.2) is 25.3 Å². The van der Waals surface area contributed by atoms with Crippen LogP contribution in [0.2, 0.25) is 0 Å². The van der Waals surface area contributed by atoms with Crippen molar-refractivity contribution in [3.8, 4) is 0 Å². The molecule has 2 nitrogen and oxygen atoms in total. The summed E-state index contributed by atoms with van der Waals surface area (Å²) in [6.07, 6.45) is 5.21. The van der Waals surface area contributed by atoms with Gasteiger partial charge in [0.15, 0.2) is 0 Å². The predicted molar refractivity (Wildman–Crippen MR) is 69.7 cm³/mol. The second-order valence-corrected chi connectivity index (χ2v) is 6.20. The fourth-order valence-electron chi connectivity index (χ4n) is 2.30. The summed E-state index contributed by atoms with van der Waals surface area (Å²) in [5.41, 5.74) is 0.253. The molecule has 0 aromatic rings. The first-order valence-corrected chi connectivity index (χ1v) is 6.84. The van der Waals surface area contributed by atoms with E-state index in [-0.39, 0.29) is 5.54 Å². The van der Waals surface area contributed by atoms with E-state index in [0.29, 0.717) is 0 Å². The maximum Gasteiger partial charge on any atom is 0.0468 e. The molecule has 1 saturated heterocycles. The van der Waals surface area contributed by atoms with Crippen LogP contribution in [0.15, 0.2) is 0 Å². The van der Waals surface area contributed by atoms with Crippen LogP contribution in [0.1, 0.15) is 53.4 Å². The Balaban J connectivity index is 2.25. The van der Waals surface area contributed by atoms with Crippen LogP contribution < -0.4 is 5.32 Å². The summed E-state index contributed by atoms with van der Waals surface area (Å²) in [4.78, 5) is 0. The zero-order chi connectivity index (χ0) is 12.0. The Morgan fingerprint density at radius 3 is 2.38 bits per heavy atom. The quantitative estimate of drug-likeness (QED) is 0.778. The van der Waals surface area contributed by atoms with Crippen molar-refractivity contribution in [2.75, 3.05) is 19.8 Å². The molecule has 0 spiro atoms. The monoisotopic (exact) mass is 227 g/mol. The van der Waals surface area contributed by atoms with Crippen molar-refractivity contribution in [3.05, 3.63) is 0 Å². The Bertz CT molecular complexity index is 180. The van der Waals surface area contributed by atoms with Crippen LogP contribution in [0.4, 0.5) is 0 Å². The van der Waals surface area contributed by atoms with Crippen molar-refractivity contribution in [1.82, 2.24) is 5.32 Å².